The van der Waals surface area contributed by atoms with Gasteiger partial charge in [0, 0.05) is 5.88 Å². The largest absolute Gasteiger partial charge is 0.126 e. The van der Waals surface area contributed by atoms with Gasteiger partial charge in [-0.1, -0.05) is 13.3 Å². The summed E-state index contributed by atoms with van der Waals surface area (Å²) in [4.78, 5) is 0. The van der Waals surface area contributed by atoms with Gasteiger partial charge in [0.2, 0.25) is 0 Å². The second-order valence-electron chi connectivity index (χ2n) is 4.54. The van der Waals surface area contributed by atoms with Crippen molar-refractivity contribution in [3.8, 4) is 0 Å². The molecule has 1 atom stereocenters. The van der Waals surface area contributed by atoms with E-state index in [-0.39, 0.29) is 0 Å². The SMILES string of the molecule is CC(CCl)(C1CCC1)C1CC1. The molecular weight excluding hydrogens is 156 g/mol. The van der Waals surface area contributed by atoms with Crippen molar-refractivity contribution >= 4 is 11.6 Å². The van der Waals surface area contributed by atoms with Gasteiger partial charge in [-0.25, -0.2) is 0 Å². The minimum atomic E-state index is 0.514. The zero-order valence-corrected chi connectivity index (χ0v) is 8.03. The standard InChI is InChI=1S/C10H17Cl/c1-10(7-11,9-5-6-9)8-3-2-4-8/h8-9H,2-7H2,1H3. The van der Waals surface area contributed by atoms with E-state index in [1.807, 2.05) is 0 Å². The molecule has 0 radical (unpaired) electrons. The molecule has 1 heteroatoms. The molecule has 2 saturated carbocycles. The fourth-order valence-corrected chi connectivity index (χ4v) is 2.80. The summed E-state index contributed by atoms with van der Waals surface area (Å²) in [6.07, 6.45) is 7.22. The van der Waals surface area contributed by atoms with Crippen molar-refractivity contribution in [2.45, 2.75) is 39.0 Å². The number of halogens is 1. The van der Waals surface area contributed by atoms with Crippen molar-refractivity contribution in [2.24, 2.45) is 17.3 Å². The highest BCUT2D eigenvalue weighted by Gasteiger charge is 2.47. The van der Waals surface area contributed by atoms with E-state index in [2.05, 4.69) is 6.92 Å². The highest BCUT2D eigenvalue weighted by molar-refractivity contribution is 6.18. The summed E-state index contributed by atoms with van der Waals surface area (Å²) in [6, 6.07) is 0. The van der Waals surface area contributed by atoms with Gasteiger partial charge in [-0.3, -0.25) is 0 Å². The van der Waals surface area contributed by atoms with Gasteiger partial charge in [-0.05, 0) is 42.9 Å². The normalized spacial score (nSPS) is 31.1. The van der Waals surface area contributed by atoms with Crippen molar-refractivity contribution in [2.75, 3.05) is 5.88 Å². The molecule has 0 aromatic heterocycles. The summed E-state index contributed by atoms with van der Waals surface area (Å²) >= 11 is 6.05. The van der Waals surface area contributed by atoms with Crippen molar-refractivity contribution in [1.29, 1.82) is 0 Å². The first-order valence-electron chi connectivity index (χ1n) is 4.83. The second-order valence-corrected chi connectivity index (χ2v) is 4.81. The maximum absolute atomic E-state index is 6.05. The zero-order chi connectivity index (χ0) is 7.90. The summed E-state index contributed by atoms with van der Waals surface area (Å²) in [7, 11) is 0. The van der Waals surface area contributed by atoms with E-state index < -0.39 is 0 Å². The lowest BCUT2D eigenvalue weighted by Crippen LogP contribution is -2.35. The summed E-state index contributed by atoms with van der Waals surface area (Å²) in [5.41, 5.74) is 0.514. The Kier molecular flexibility index (Phi) is 1.91. The molecule has 0 aromatic rings. The number of hydrogen-bond acceptors (Lipinski definition) is 0. The molecule has 0 N–H and O–H groups in total. The predicted molar refractivity (Wildman–Crippen MR) is 48.9 cm³/mol. The Morgan fingerprint density at radius 3 is 2.00 bits per heavy atom. The van der Waals surface area contributed by atoms with Crippen LogP contribution in [0.15, 0.2) is 0 Å². The third-order valence-electron chi connectivity index (χ3n) is 3.84. The first-order valence-corrected chi connectivity index (χ1v) is 5.37. The van der Waals surface area contributed by atoms with E-state index in [0.717, 1.165) is 17.7 Å². The zero-order valence-electron chi connectivity index (χ0n) is 7.28. The highest BCUT2D eigenvalue weighted by Crippen LogP contribution is 2.55. The monoisotopic (exact) mass is 172 g/mol. The molecule has 0 bridgehead atoms. The van der Waals surface area contributed by atoms with E-state index in [1.165, 1.54) is 32.1 Å². The first kappa shape index (κ1) is 7.91. The van der Waals surface area contributed by atoms with E-state index in [9.17, 15) is 0 Å². The Hall–Kier alpha value is 0.290. The van der Waals surface area contributed by atoms with Gasteiger partial charge in [0.15, 0.2) is 0 Å². The van der Waals surface area contributed by atoms with Crippen LogP contribution in [-0.2, 0) is 0 Å². The maximum Gasteiger partial charge on any atom is 0.0282 e. The lowest BCUT2D eigenvalue weighted by atomic mass is 9.65. The molecule has 0 saturated heterocycles. The molecule has 2 fully saturated rings. The minimum absolute atomic E-state index is 0.514. The summed E-state index contributed by atoms with van der Waals surface area (Å²) in [6.45, 7) is 2.40. The van der Waals surface area contributed by atoms with Crippen LogP contribution in [-0.4, -0.2) is 5.88 Å². The van der Waals surface area contributed by atoms with Gasteiger partial charge >= 0.3 is 0 Å². The van der Waals surface area contributed by atoms with Crippen LogP contribution in [0.3, 0.4) is 0 Å². The number of alkyl halides is 1. The average Bonchev–Trinajstić information content (AvgIpc) is 2.63. The third-order valence-corrected chi connectivity index (χ3v) is 4.41. The quantitative estimate of drug-likeness (QED) is 0.573. The second kappa shape index (κ2) is 2.65. The van der Waals surface area contributed by atoms with Crippen LogP contribution in [0.25, 0.3) is 0 Å². The van der Waals surface area contributed by atoms with Gasteiger partial charge in [0.05, 0.1) is 0 Å². The van der Waals surface area contributed by atoms with Crippen molar-refractivity contribution in [1.82, 2.24) is 0 Å². The molecule has 2 aliphatic carbocycles. The molecule has 2 rings (SSSR count). The fourth-order valence-electron chi connectivity index (χ4n) is 2.36. The molecule has 2 aliphatic rings. The van der Waals surface area contributed by atoms with Crippen LogP contribution >= 0.6 is 11.6 Å². The van der Waals surface area contributed by atoms with Crippen molar-refractivity contribution in [3.63, 3.8) is 0 Å². The molecule has 11 heavy (non-hydrogen) atoms. The molecule has 0 aliphatic heterocycles. The minimum Gasteiger partial charge on any atom is -0.126 e. The lowest BCUT2D eigenvalue weighted by Gasteiger charge is -2.42. The Bertz CT molecular complexity index is 147. The molecule has 0 amide bonds. The Morgan fingerprint density at radius 2 is 1.73 bits per heavy atom. The van der Waals surface area contributed by atoms with Crippen LogP contribution in [0.1, 0.15) is 39.0 Å². The van der Waals surface area contributed by atoms with E-state index in [1.54, 1.807) is 0 Å². The fraction of sp³-hybridized carbons (Fsp3) is 1.00. The number of hydrogen-bond donors (Lipinski definition) is 0. The molecular formula is C10H17Cl. The van der Waals surface area contributed by atoms with Crippen LogP contribution in [0.4, 0.5) is 0 Å². The van der Waals surface area contributed by atoms with E-state index in [0.29, 0.717) is 5.41 Å². The average molecular weight is 173 g/mol. The molecule has 0 spiro atoms. The topological polar surface area (TPSA) is 0 Å². The Morgan fingerprint density at radius 1 is 1.18 bits per heavy atom. The molecule has 0 heterocycles. The van der Waals surface area contributed by atoms with Crippen molar-refractivity contribution in [3.05, 3.63) is 0 Å². The van der Waals surface area contributed by atoms with Crippen LogP contribution in [0.2, 0.25) is 0 Å². The smallest absolute Gasteiger partial charge is 0.0282 e. The summed E-state index contributed by atoms with van der Waals surface area (Å²) < 4.78 is 0. The summed E-state index contributed by atoms with van der Waals surface area (Å²) in [5.74, 6) is 2.83. The van der Waals surface area contributed by atoms with Crippen LogP contribution < -0.4 is 0 Å². The van der Waals surface area contributed by atoms with Gasteiger partial charge < -0.3 is 0 Å². The number of rotatable bonds is 3. The Labute approximate surface area is 74.3 Å². The molecule has 0 aromatic carbocycles. The van der Waals surface area contributed by atoms with Crippen molar-refractivity contribution < 1.29 is 0 Å². The predicted octanol–water partition coefficient (Wildman–Crippen LogP) is 3.44. The van der Waals surface area contributed by atoms with Crippen LogP contribution in [0.5, 0.6) is 0 Å². The lowest BCUT2D eigenvalue weighted by molar-refractivity contribution is 0.101. The molecule has 0 nitrogen and oxygen atoms in total. The van der Waals surface area contributed by atoms with Crippen LogP contribution in [0, 0.1) is 17.3 Å². The molecule has 64 valence electrons. The Balaban J connectivity index is 2.01. The third kappa shape index (κ3) is 1.20. The van der Waals surface area contributed by atoms with Gasteiger partial charge in [0.25, 0.3) is 0 Å². The summed E-state index contributed by atoms with van der Waals surface area (Å²) in [5, 5.41) is 0. The van der Waals surface area contributed by atoms with Gasteiger partial charge in [-0.15, -0.1) is 11.6 Å². The van der Waals surface area contributed by atoms with Gasteiger partial charge in [0.1, 0.15) is 0 Å². The molecule has 1 unspecified atom stereocenters. The highest BCUT2D eigenvalue weighted by atomic mass is 35.5. The van der Waals surface area contributed by atoms with Gasteiger partial charge in [-0.2, -0.15) is 0 Å². The van der Waals surface area contributed by atoms with E-state index >= 15 is 0 Å². The first-order chi connectivity index (χ1) is 5.27. The maximum atomic E-state index is 6.05. The van der Waals surface area contributed by atoms with E-state index in [4.69, 9.17) is 11.6 Å².